The van der Waals surface area contributed by atoms with Crippen LogP contribution >= 0.6 is 7.82 Å². The van der Waals surface area contributed by atoms with Crippen LogP contribution in [0.3, 0.4) is 0 Å². The maximum atomic E-state index is 10.2. The van der Waals surface area contributed by atoms with Crippen molar-refractivity contribution in [3.05, 3.63) is 0 Å². The van der Waals surface area contributed by atoms with Gasteiger partial charge in [-0.05, 0) is 6.92 Å². The van der Waals surface area contributed by atoms with Crippen molar-refractivity contribution in [3.8, 4) is 0 Å². The summed E-state index contributed by atoms with van der Waals surface area (Å²) in [7, 11) is -4.65. The second-order valence-electron chi connectivity index (χ2n) is 2.82. The van der Waals surface area contributed by atoms with Crippen LogP contribution in [0.5, 0.6) is 0 Å². The third kappa shape index (κ3) is 8.88. The lowest BCUT2D eigenvalue weighted by Crippen LogP contribution is -2.45. The molecule has 0 saturated heterocycles. The number of phosphoric acid groups is 1. The first-order chi connectivity index (χ1) is 5.69. The lowest BCUT2D eigenvalue weighted by Gasteiger charge is -2.26. The lowest BCUT2D eigenvalue weighted by atomic mass is 10.0. The average Bonchev–Trinajstić information content (AvgIpc) is 1.98. The zero-order valence-corrected chi connectivity index (χ0v) is 9.30. The fourth-order valence-electron chi connectivity index (χ4n) is 0.453. The van der Waals surface area contributed by atoms with Crippen molar-refractivity contribution in [2.75, 3.05) is 13.2 Å². The average molecular weight is 250 g/mol. The van der Waals surface area contributed by atoms with Crippen molar-refractivity contribution >= 4 is 7.82 Å². The van der Waals surface area contributed by atoms with Gasteiger partial charge in [0.25, 0.3) is 0 Å². The van der Waals surface area contributed by atoms with Crippen LogP contribution in [0.1, 0.15) is 6.92 Å². The molecule has 0 aliphatic heterocycles. The Labute approximate surface area is 87.1 Å². The van der Waals surface area contributed by atoms with Crippen molar-refractivity contribution in [2.24, 2.45) is 0 Å². The van der Waals surface area contributed by atoms with Crippen molar-refractivity contribution in [3.63, 3.8) is 0 Å². The molecule has 0 fully saturated rings. The molecule has 0 aliphatic rings. The summed E-state index contributed by atoms with van der Waals surface area (Å²) >= 11 is 0. The van der Waals surface area contributed by atoms with E-state index in [1.807, 2.05) is 0 Å². The van der Waals surface area contributed by atoms with Gasteiger partial charge < -0.3 is 37.4 Å². The molecule has 10 heteroatoms. The number of phosphoric ester groups is 1. The highest BCUT2D eigenvalue weighted by Gasteiger charge is 2.31. The highest BCUT2D eigenvalue weighted by Crippen LogP contribution is 2.36. The first-order valence-electron chi connectivity index (χ1n) is 3.40. The second-order valence-corrected chi connectivity index (χ2v) is 4.06. The Hall–Kier alpha value is -0.0900. The van der Waals surface area contributed by atoms with Gasteiger partial charge in [-0.3, -0.25) is 4.52 Å². The molecule has 0 radical (unpaired) electrons. The van der Waals surface area contributed by atoms with Crippen LogP contribution in [0.15, 0.2) is 0 Å². The standard InChI is InChI=1S/C5H13O7P.2H3N/c1-5(8,3-6)4(7)2-12-13(9,10)11;;/h4,6-8H,2-3H2,1H3,(H2,9,10,11);2*1H3/t4-,5-;;/m1../s1. The molecule has 0 aliphatic carbocycles. The van der Waals surface area contributed by atoms with Gasteiger partial charge in [0.05, 0.1) is 13.2 Å². The molecule has 15 heavy (non-hydrogen) atoms. The summed E-state index contributed by atoms with van der Waals surface area (Å²) in [6.07, 6.45) is -1.56. The van der Waals surface area contributed by atoms with Gasteiger partial charge >= 0.3 is 7.82 Å². The summed E-state index contributed by atoms with van der Waals surface area (Å²) < 4.78 is 14.1. The summed E-state index contributed by atoms with van der Waals surface area (Å²) in [6.45, 7) is -0.378. The molecule has 11 N–H and O–H groups in total. The topological polar surface area (TPSA) is 197 Å². The maximum Gasteiger partial charge on any atom is 0.469 e. The van der Waals surface area contributed by atoms with Gasteiger partial charge in [-0.2, -0.15) is 0 Å². The third-order valence-electron chi connectivity index (χ3n) is 1.44. The second kappa shape index (κ2) is 7.23. The number of aliphatic hydroxyl groups is 3. The van der Waals surface area contributed by atoms with Crippen LogP contribution in [0.25, 0.3) is 0 Å². The smallest absolute Gasteiger partial charge is 0.393 e. The Kier molecular flexibility index (Phi) is 9.80. The van der Waals surface area contributed by atoms with Crippen LogP contribution in [-0.4, -0.2) is 50.0 Å². The number of hydrogen-bond acceptors (Lipinski definition) is 7. The molecule has 0 spiro atoms. The number of aliphatic hydroxyl groups excluding tert-OH is 2. The molecule has 0 saturated carbocycles. The van der Waals surface area contributed by atoms with Crippen molar-refractivity contribution in [1.82, 2.24) is 12.3 Å². The van der Waals surface area contributed by atoms with Crippen LogP contribution in [0, 0.1) is 0 Å². The molecular weight excluding hydrogens is 231 g/mol. The SMILES string of the molecule is C[C@@](O)(CO)[C@H](O)COP(=O)(O)O.N.N. The molecule has 2 atom stereocenters. The minimum atomic E-state index is -4.65. The summed E-state index contributed by atoms with van der Waals surface area (Å²) in [5.74, 6) is 0. The fourth-order valence-corrected chi connectivity index (χ4v) is 0.788. The number of rotatable bonds is 5. The molecule has 0 aromatic heterocycles. The Morgan fingerprint density at radius 1 is 1.40 bits per heavy atom. The van der Waals surface area contributed by atoms with Crippen LogP contribution in [-0.2, 0) is 9.09 Å². The van der Waals surface area contributed by atoms with Crippen LogP contribution in [0.2, 0.25) is 0 Å². The Bertz CT molecular complexity index is 206. The first-order valence-corrected chi connectivity index (χ1v) is 4.93. The molecule has 0 aromatic carbocycles. The monoisotopic (exact) mass is 250 g/mol. The third-order valence-corrected chi connectivity index (χ3v) is 1.92. The van der Waals surface area contributed by atoms with Crippen molar-refractivity contribution in [2.45, 2.75) is 18.6 Å². The van der Waals surface area contributed by atoms with Gasteiger partial charge in [0.1, 0.15) is 11.7 Å². The molecule has 9 nitrogen and oxygen atoms in total. The van der Waals surface area contributed by atoms with Crippen LogP contribution < -0.4 is 12.3 Å². The fraction of sp³-hybridized carbons (Fsp3) is 1.00. The van der Waals surface area contributed by atoms with E-state index in [0.29, 0.717) is 0 Å². The van der Waals surface area contributed by atoms with Gasteiger partial charge in [0, 0.05) is 0 Å². The van der Waals surface area contributed by atoms with E-state index >= 15 is 0 Å². The summed E-state index contributed by atoms with van der Waals surface area (Å²) in [5, 5.41) is 26.8. The van der Waals surface area contributed by atoms with E-state index in [1.54, 1.807) is 0 Å². The van der Waals surface area contributed by atoms with E-state index in [9.17, 15) is 4.57 Å². The largest absolute Gasteiger partial charge is 0.469 e. The van der Waals surface area contributed by atoms with E-state index in [0.717, 1.165) is 6.92 Å². The maximum absolute atomic E-state index is 10.2. The molecule has 0 amide bonds. The summed E-state index contributed by atoms with van der Waals surface area (Å²) in [6, 6.07) is 0. The highest BCUT2D eigenvalue weighted by molar-refractivity contribution is 7.46. The highest BCUT2D eigenvalue weighted by atomic mass is 31.2. The zero-order chi connectivity index (χ0) is 10.7. The van der Waals surface area contributed by atoms with E-state index in [2.05, 4.69) is 4.52 Å². The minimum Gasteiger partial charge on any atom is -0.393 e. The van der Waals surface area contributed by atoms with Gasteiger partial charge in [-0.25, -0.2) is 4.57 Å². The molecule has 0 bridgehead atoms. The van der Waals surface area contributed by atoms with E-state index < -0.39 is 32.7 Å². The Morgan fingerprint density at radius 3 is 2.07 bits per heavy atom. The summed E-state index contributed by atoms with van der Waals surface area (Å²) in [4.78, 5) is 16.5. The predicted octanol–water partition coefficient (Wildman–Crippen LogP) is -1.48. The lowest BCUT2D eigenvalue weighted by molar-refractivity contribution is -0.107. The molecule has 0 unspecified atom stereocenters. The normalized spacial score (nSPS) is 16.9. The van der Waals surface area contributed by atoms with Crippen molar-refractivity contribution < 1.29 is 34.2 Å². The molecule has 0 aromatic rings. The van der Waals surface area contributed by atoms with Gasteiger partial charge in [0.15, 0.2) is 0 Å². The van der Waals surface area contributed by atoms with E-state index in [1.165, 1.54) is 0 Å². The quantitative estimate of drug-likeness (QED) is 0.284. The first kappa shape index (κ1) is 20.3. The minimum absolute atomic E-state index is 0. The van der Waals surface area contributed by atoms with E-state index in [-0.39, 0.29) is 12.3 Å². The van der Waals surface area contributed by atoms with Crippen molar-refractivity contribution in [1.29, 1.82) is 0 Å². The Balaban J connectivity index is -0.000000720. The molecular formula is C5H19N2O7P. The summed E-state index contributed by atoms with van der Waals surface area (Å²) in [5.41, 5.74) is -1.84. The predicted molar refractivity (Wildman–Crippen MR) is 51.8 cm³/mol. The molecule has 96 valence electrons. The van der Waals surface area contributed by atoms with Gasteiger partial charge in [0.2, 0.25) is 0 Å². The molecule has 0 rings (SSSR count). The van der Waals surface area contributed by atoms with E-state index in [4.69, 9.17) is 25.1 Å². The zero-order valence-electron chi connectivity index (χ0n) is 8.41. The molecule has 0 heterocycles. The Morgan fingerprint density at radius 2 is 1.80 bits per heavy atom. The number of hydrogen-bond donors (Lipinski definition) is 7. The van der Waals surface area contributed by atoms with Crippen LogP contribution in [0.4, 0.5) is 0 Å². The van der Waals surface area contributed by atoms with Gasteiger partial charge in [-0.1, -0.05) is 0 Å². The van der Waals surface area contributed by atoms with Gasteiger partial charge in [-0.15, -0.1) is 0 Å².